The number of hydrogen-bond acceptors (Lipinski definition) is 5. The molecule has 0 aromatic rings. The Morgan fingerprint density at radius 2 is 1.35 bits per heavy atom. The van der Waals surface area contributed by atoms with E-state index in [0.717, 1.165) is 12.8 Å². The SMILES string of the molecule is CCCC(C)(N)O[Si](OCC)(OCC)OCC. The van der Waals surface area contributed by atoms with Crippen molar-refractivity contribution in [3.05, 3.63) is 0 Å². The zero-order chi connectivity index (χ0) is 13.4. The van der Waals surface area contributed by atoms with Crippen molar-refractivity contribution in [1.29, 1.82) is 0 Å². The molecule has 0 radical (unpaired) electrons. The smallest absolute Gasteiger partial charge is 0.351 e. The minimum Gasteiger partial charge on any atom is -0.351 e. The van der Waals surface area contributed by atoms with Gasteiger partial charge in [0.05, 0.1) is 0 Å². The molecule has 0 spiro atoms. The number of hydrogen-bond donors (Lipinski definition) is 1. The van der Waals surface area contributed by atoms with Gasteiger partial charge in [0.25, 0.3) is 0 Å². The van der Waals surface area contributed by atoms with Gasteiger partial charge >= 0.3 is 9.05 Å². The van der Waals surface area contributed by atoms with Crippen molar-refractivity contribution in [2.45, 2.75) is 53.2 Å². The van der Waals surface area contributed by atoms with Crippen LogP contribution < -0.4 is 5.73 Å². The second-order valence-corrected chi connectivity index (χ2v) is 6.03. The summed E-state index contributed by atoms with van der Waals surface area (Å²) in [7, 11) is -3.09. The maximum Gasteiger partial charge on any atom is 0.681 e. The molecule has 0 saturated carbocycles. The third kappa shape index (κ3) is 6.49. The summed E-state index contributed by atoms with van der Waals surface area (Å²) < 4.78 is 22.6. The van der Waals surface area contributed by atoms with Crippen molar-refractivity contribution in [3.63, 3.8) is 0 Å². The number of nitrogens with two attached hydrogens (primary N) is 1. The van der Waals surface area contributed by atoms with Crippen molar-refractivity contribution in [3.8, 4) is 0 Å². The molecule has 0 rings (SSSR count). The first-order valence-corrected chi connectivity index (χ1v) is 7.99. The van der Waals surface area contributed by atoms with E-state index in [1.807, 2.05) is 27.7 Å². The fourth-order valence-corrected chi connectivity index (χ4v) is 3.74. The van der Waals surface area contributed by atoms with Crippen LogP contribution in [0.5, 0.6) is 0 Å². The molecule has 1 unspecified atom stereocenters. The van der Waals surface area contributed by atoms with Crippen LogP contribution in [0.4, 0.5) is 0 Å². The first-order valence-electron chi connectivity index (χ1n) is 6.36. The Hall–Kier alpha value is 0.0169. The standard InChI is InChI=1S/C11H27NO4Si/c1-6-10-11(5,12)16-17(13-7-2,14-8-3)15-9-4/h6-10,12H2,1-5H3. The highest BCUT2D eigenvalue weighted by atomic mass is 28.4. The van der Waals surface area contributed by atoms with Gasteiger partial charge in [0.15, 0.2) is 0 Å². The summed E-state index contributed by atoms with van der Waals surface area (Å²) in [6.07, 6.45) is 1.66. The molecule has 5 nitrogen and oxygen atoms in total. The average molecular weight is 265 g/mol. The normalized spacial score (nSPS) is 15.9. The maximum absolute atomic E-state index is 6.08. The van der Waals surface area contributed by atoms with Gasteiger partial charge in [0.1, 0.15) is 5.72 Å². The van der Waals surface area contributed by atoms with Crippen LogP contribution in [0.1, 0.15) is 47.5 Å². The van der Waals surface area contributed by atoms with Crippen LogP contribution in [0.3, 0.4) is 0 Å². The van der Waals surface area contributed by atoms with Crippen LogP contribution in [0.2, 0.25) is 0 Å². The predicted molar refractivity (Wildman–Crippen MR) is 69.2 cm³/mol. The molecule has 0 aliphatic rings. The van der Waals surface area contributed by atoms with Gasteiger partial charge in [-0.05, 0) is 34.1 Å². The quantitative estimate of drug-likeness (QED) is 0.483. The molecule has 6 heteroatoms. The summed E-state index contributed by atoms with van der Waals surface area (Å²) >= 11 is 0. The molecule has 0 aromatic heterocycles. The fourth-order valence-electron chi connectivity index (χ4n) is 1.58. The molecule has 0 aliphatic carbocycles. The zero-order valence-corrected chi connectivity index (χ0v) is 12.7. The Labute approximate surface area is 106 Å². The highest BCUT2D eigenvalue weighted by Gasteiger charge is 2.49. The third-order valence-corrected chi connectivity index (χ3v) is 4.71. The van der Waals surface area contributed by atoms with Gasteiger partial charge < -0.3 is 23.4 Å². The summed E-state index contributed by atoms with van der Waals surface area (Å²) in [5.41, 5.74) is 5.30. The third-order valence-electron chi connectivity index (χ3n) is 2.07. The summed E-state index contributed by atoms with van der Waals surface area (Å²) in [5.74, 6) is 0. The minimum absolute atomic E-state index is 0.481. The van der Waals surface area contributed by atoms with E-state index in [-0.39, 0.29) is 0 Å². The topological polar surface area (TPSA) is 62.9 Å². The molecule has 0 fully saturated rings. The summed E-state index contributed by atoms with van der Waals surface area (Å²) in [6, 6.07) is 0. The van der Waals surface area contributed by atoms with Crippen LogP contribution in [0, 0.1) is 0 Å². The molecule has 17 heavy (non-hydrogen) atoms. The molecule has 104 valence electrons. The summed E-state index contributed by atoms with van der Waals surface area (Å²) in [4.78, 5) is 0. The highest BCUT2D eigenvalue weighted by Crippen LogP contribution is 2.21. The zero-order valence-electron chi connectivity index (χ0n) is 11.7. The van der Waals surface area contributed by atoms with E-state index < -0.39 is 14.8 Å². The molecule has 0 bridgehead atoms. The predicted octanol–water partition coefficient (Wildman–Crippen LogP) is 2.02. The molecule has 0 aliphatic heterocycles. The Bertz CT molecular complexity index is 185. The van der Waals surface area contributed by atoms with E-state index in [2.05, 4.69) is 6.92 Å². The van der Waals surface area contributed by atoms with E-state index >= 15 is 0 Å². The van der Waals surface area contributed by atoms with Crippen molar-refractivity contribution < 1.29 is 17.7 Å². The van der Waals surface area contributed by atoms with Crippen LogP contribution in [-0.4, -0.2) is 34.6 Å². The van der Waals surface area contributed by atoms with Crippen molar-refractivity contribution in [1.82, 2.24) is 0 Å². The van der Waals surface area contributed by atoms with Gasteiger partial charge in [0, 0.05) is 19.8 Å². The van der Waals surface area contributed by atoms with Gasteiger partial charge in [-0.3, -0.25) is 0 Å². The Morgan fingerprint density at radius 1 is 0.941 bits per heavy atom. The van der Waals surface area contributed by atoms with E-state index in [1.54, 1.807) is 0 Å². The Balaban J connectivity index is 4.74. The second-order valence-electron chi connectivity index (χ2n) is 3.96. The maximum atomic E-state index is 6.08. The van der Waals surface area contributed by atoms with Crippen LogP contribution in [-0.2, 0) is 17.7 Å². The minimum atomic E-state index is -3.09. The summed E-state index contributed by atoms with van der Waals surface area (Å²) in [5, 5.41) is 0. The van der Waals surface area contributed by atoms with Gasteiger partial charge in [-0.25, -0.2) is 0 Å². The van der Waals surface area contributed by atoms with Gasteiger partial charge in [-0.2, -0.15) is 0 Å². The van der Waals surface area contributed by atoms with E-state index in [1.165, 1.54) is 0 Å². The van der Waals surface area contributed by atoms with E-state index in [0.29, 0.717) is 19.8 Å². The van der Waals surface area contributed by atoms with Crippen molar-refractivity contribution in [2.75, 3.05) is 19.8 Å². The molecule has 0 aromatic carbocycles. The molecule has 0 saturated heterocycles. The number of rotatable bonds is 10. The molecule has 0 heterocycles. The fraction of sp³-hybridized carbons (Fsp3) is 1.00. The van der Waals surface area contributed by atoms with E-state index in [9.17, 15) is 0 Å². The van der Waals surface area contributed by atoms with Crippen molar-refractivity contribution in [2.24, 2.45) is 5.73 Å². The van der Waals surface area contributed by atoms with Gasteiger partial charge in [-0.1, -0.05) is 13.3 Å². The second kappa shape index (κ2) is 8.18. The lowest BCUT2D eigenvalue weighted by Gasteiger charge is -2.35. The first-order chi connectivity index (χ1) is 7.95. The molecule has 1 atom stereocenters. The lowest BCUT2D eigenvalue weighted by molar-refractivity contribution is -0.0848. The first kappa shape index (κ1) is 17.0. The molecule has 2 N–H and O–H groups in total. The monoisotopic (exact) mass is 265 g/mol. The van der Waals surface area contributed by atoms with Crippen molar-refractivity contribution >= 4 is 9.05 Å². The molecular weight excluding hydrogens is 238 g/mol. The molecule has 0 amide bonds. The Kier molecular flexibility index (Phi) is 8.19. The van der Waals surface area contributed by atoms with Crippen LogP contribution >= 0.6 is 0 Å². The largest absolute Gasteiger partial charge is 0.681 e. The lowest BCUT2D eigenvalue weighted by atomic mass is 10.1. The van der Waals surface area contributed by atoms with Crippen LogP contribution in [0.25, 0.3) is 0 Å². The average Bonchev–Trinajstić information content (AvgIpc) is 2.17. The lowest BCUT2D eigenvalue weighted by Crippen LogP contribution is -2.57. The van der Waals surface area contributed by atoms with Gasteiger partial charge in [-0.15, -0.1) is 0 Å². The van der Waals surface area contributed by atoms with Gasteiger partial charge in [0.2, 0.25) is 0 Å². The van der Waals surface area contributed by atoms with Crippen LogP contribution in [0.15, 0.2) is 0 Å². The Morgan fingerprint density at radius 3 is 1.65 bits per heavy atom. The summed E-state index contributed by atoms with van der Waals surface area (Å²) in [6.45, 7) is 11.0. The highest BCUT2D eigenvalue weighted by molar-refractivity contribution is 6.53. The molecular formula is C11H27NO4Si. The van der Waals surface area contributed by atoms with E-state index in [4.69, 9.17) is 23.4 Å².